The highest BCUT2D eigenvalue weighted by atomic mass is 16.5. The van der Waals surface area contributed by atoms with Crippen molar-refractivity contribution in [3.8, 4) is 11.5 Å². The van der Waals surface area contributed by atoms with Crippen LogP contribution in [-0.4, -0.2) is 50.2 Å². The fourth-order valence-electron chi connectivity index (χ4n) is 3.97. The number of rotatable bonds is 7. The number of methoxy groups -OCH3 is 2. The highest BCUT2D eigenvalue weighted by molar-refractivity contribution is 6.28. The number of ether oxygens (including phenoxy) is 2. The summed E-state index contributed by atoms with van der Waals surface area (Å²) in [5.41, 5.74) is 2.88. The SMILES string of the molecule is COc1ccc(CN(C)CC(=O)Nc2ccc3c(c2)C(=O)c2ccccc2C3=O)cc1OC. The molecule has 0 atom stereocenters. The van der Waals surface area contributed by atoms with Crippen LogP contribution < -0.4 is 14.8 Å². The first kappa shape index (κ1) is 22.2. The molecule has 0 aromatic heterocycles. The zero-order chi connectivity index (χ0) is 23.5. The second-order valence-electron chi connectivity index (χ2n) is 7.87. The molecule has 1 aliphatic rings. The highest BCUT2D eigenvalue weighted by Crippen LogP contribution is 2.29. The Balaban J connectivity index is 1.43. The van der Waals surface area contributed by atoms with Gasteiger partial charge in [0.1, 0.15) is 0 Å². The first-order chi connectivity index (χ1) is 15.9. The molecule has 3 aromatic carbocycles. The van der Waals surface area contributed by atoms with Crippen molar-refractivity contribution in [1.82, 2.24) is 4.90 Å². The van der Waals surface area contributed by atoms with Crippen LogP contribution in [0.1, 0.15) is 37.4 Å². The summed E-state index contributed by atoms with van der Waals surface area (Å²) < 4.78 is 10.6. The first-order valence-corrected chi connectivity index (χ1v) is 10.4. The first-order valence-electron chi connectivity index (χ1n) is 10.4. The molecular formula is C26H24N2O5. The summed E-state index contributed by atoms with van der Waals surface area (Å²) in [6, 6.07) is 17.2. The standard InChI is InChI=1S/C26H24N2O5/c1-28(14-16-8-11-22(32-2)23(12-16)33-3)15-24(29)27-17-9-10-20-21(13-17)26(31)19-7-5-4-6-18(19)25(20)30/h4-13H,14-15H2,1-3H3,(H,27,29). The van der Waals surface area contributed by atoms with E-state index in [2.05, 4.69) is 5.32 Å². The minimum atomic E-state index is -0.229. The molecule has 168 valence electrons. The van der Waals surface area contributed by atoms with E-state index < -0.39 is 0 Å². The van der Waals surface area contributed by atoms with E-state index in [1.54, 1.807) is 56.7 Å². The molecule has 7 nitrogen and oxygen atoms in total. The molecule has 1 N–H and O–H groups in total. The van der Waals surface area contributed by atoms with E-state index in [4.69, 9.17) is 9.47 Å². The van der Waals surface area contributed by atoms with Crippen LogP contribution in [0, 0.1) is 0 Å². The third-order valence-electron chi connectivity index (χ3n) is 5.52. The lowest BCUT2D eigenvalue weighted by Gasteiger charge is -2.19. The molecule has 1 amide bonds. The summed E-state index contributed by atoms with van der Waals surface area (Å²) in [4.78, 5) is 40.1. The molecule has 7 heteroatoms. The smallest absolute Gasteiger partial charge is 0.238 e. The van der Waals surface area contributed by atoms with E-state index in [0.717, 1.165) is 5.56 Å². The highest BCUT2D eigenvalue weighted by Gasteiger charge is 2.29. The molecule has 0 fully saturated rings. The Labute approximate surface area is 191 Å². The lowest BCUT2D eigenvalue weighted by molar-refractivity contribution is -0.117. The van der Waals surface area contributed by atoms with Crippen LogP contribution >= 0.6 is 0 Å². The number of hydrogen-bond acceptors (Lipinski definition) is 6. The molecule has 0 bridgehead atoms. The summed E-state index contributed by atoms with van der Waals surface area (Å²) in [5, 5.41) is 2.82. The maximum atomic E-state index is 12.9. The van der Waals surface area contributed by atoms with Crippen molar-refractivity contribution in [2.45, 2.75) is 6.54 Å². The average Bonchev–Trinajstić information content (AvgIpc) is 2.82. The minimum Gasteiger partial charge on any atom is -0.493 e. The van der Waals surface area contributed by atoms with Gasteiger partial charge >= 0.3 is 0 Å². The van der Waals surface area contributed by atoms with Gasteiger partial charge in [-0.1, -0.05) is 30.3 Å². The molecule has 0 saturated heterocycles. The Kier molecular flexibility index (Phi) is 6.24. The van der Waals surface area contributed by atoms with E-state index in [1.807, 2.05) is 30.1 Å². The van der Waals surface area contributed by atoms with E-state index in [9.17, 15) is 14.4 Å². The molecule has 0 spiro atoms. The lowest BCUT2D eigenvalue weighted by Crippen LogP contribution is -2.30. The van der Waals surface area contributed by atoms with E-state index in [-0.39, 0.29) is 24.0 Å². The van der Waals surface area contributed by atoms with Gasteiger partial charge < -0.3 is 14.8 Å². The van der Waals surface area contributed by atoms with Gasteiger partial charge in [-0.15, -0.1) is 0 Å². The largest absolute Gasteiger partial charge is 0.493 e. The number of amides is 1. The zero-order valence-electron chi connectivity index (χ0n) is 18.7. The Morgan fingerprint density at radius 1 is 0.818 bits per heavy atom. The average molecular weight is 444 g/mol. The van der Waals surface area contributed by atoms with Gasteiger partial charge in [-0.2, -0.15) is 0 Å². The number of ketones is 2. The number of carbonyl (C=O) groups excluding carboxylic acids is 3. The predicted molar refractivity (Wildman–Crippen MR) is 124 cm³/mol. The number of likely N-dealkylation sites (N-methyl/N-ethyl adjacent to an activating group) is 1. The Morgan fingerprint density at radius 3 is 2.12 bits per heavy atom. The van der Waals surface area contributed by atoms with Crippen LogP contribution in [0.25, 0.3) is 0 Å². The Bertz CT molecular complexity index is 1250. The molecule has 1 aliphatic carbocycles. The number of hydrogen-bond donors (Lipinski definition) is 1. The quantitative estimate of drug-likeness (QED) is 0.469. The molecule has 0 aliphatic heterocycles. The molecule has 33 heavy (non-hydrogen) atoms. The number of nitrogens with zero attached hydrogens (tertiary/aromatic N) is 1. The third kappa shape index (κ3) is 4.49. The summed E-state index contributed by atoms with van der Waals surface area (Å²) in [6.07, 6.45) is 0. The Morgan fingerprint density at radius 2 is 1.45 bits per heavy atom. The fourth-order valence-corrected chi connectivity index (χ4v) is 3.97. The van der Waals surface area contributed by atoms with Gasteiger partial charge in [0.05, 0.1) is 20.8 Å². The lowest BCUT2D eigenvalue weighted by atomic mass is 9.84. The van der Waals surface area contributed by atoms with Crippen molar-refractivity contribution < 1.29 is 23.9 Å². The van der Waals surface area contributed by atoms with Crippen LogP contribution in [0.2, 0.25) is 0 Å². The monoisotopic (exact) mass is 444 g/mol. The molecule has 0 radical (unpaired) electrons. The van der Waals surface area contributed by atoms with Gasteiger partial charge in [-0.05, 0) is 42.9 Å². The maximum absolute atomic E-state index is 12.9. The van der Waals surface area contributed by atoms with Crippen LogP contribution in [0.5, 0.6) is 11.5 Å². The normalized spacial score (nSPS) is 12.2. The van der Waals surface area contributed by atoms with E-state index in [1.165, 1.54) is 0 Å². The third-order valence-corrected chi connectivity index (χ3v) is 5.52. The van der Waals surface area contributed by atoms with Gasteiger partial charge in [0.15, 0.2) is 23.1 Å². The van der Waals surface area contributed by atoms with Crippen molar-refractivity contribution in [1.29, 1.82) is 0 Å². The van der Waals surface area contributed by atoms with Crippen molar-refractivity contribution in [3.05, 3.63) is 88.5 Å². The molecule has 3 aromatic rings. The summed E-state index contributed by atoms with van der Waals surface area (Å²) in [5.74, 6) is 0.634. The summed E-state index contributed by atoms with van der Waals surface area (Å²) >= 11 is 0. The molecule has 0 saturated carbocycles. The van der Waals surface area contributed by atoms with Gasteiger partial charge in [-0.25, -0.2) is 0 Å². The number of anilines is 1. The number of benzene rings is 3. The second kappa shape index (κ2) is 9.26. The van der Waals surface area contributed by atoms with Gasteiger partial charge in [0, 0.05) is 34.5 Å². The molecule has 4 rings (SSSR count). The van der Waals surface area contributed by atoms with Crippen LogP contribution in [0.15, 0.2) is 60.7 Å². The zero-order valence-corrected chi connectivity index (χ0v) is 18.7. The van der Waals surface area contributed by atoms with Crippen molar-refractivity contribution in [2.24, 2.45) is 0 Å². The molecule has 0 unspecified atom stereocenters. The molecule has 0 heterocycles. The van der Waals surface area contributed by atoms with Crippen molar-refractivity contribution in [2.75, 3.05) is 33.1 Å². The predicted octanol–water partition coefficient (Wildman–Crippen LogP) is 3.55. The number of carbonyl (C=O) groups is 3. The van der Waals surface area contributed by atoms with Gasteiger partial charge in [0.2, 0.25) is 5.91 Å². The van der Waals surface area contributed by atoms with Gasteiger partial charge in [0.25, 0.3) is 0 Å². The van der Waals surface area contributed by atoms with Crippen LogP contribution in [0.4, 0.5) is 5.69 Å². The van der Waals surface area contributed by atoms with E-state index in [0.29, 0.717) is 46.0 Å². The van der Waals surface area contributed by atoms with E-state index >= 15 is 0 Å². The topological polar surface area (TPSA) is 84.9 Å². The minimum absolute atomic E-state index is 0.140. The van der Waals surface area contributed by atoms with Crippen LogP contribution in [-0.2, 0) is 11.3 Å². The molecular weight excluding hydrogens is 420 g/mol. The van der Waals surface area contributed by atoms with Gasteiger partial charge in [-0.3, -0.25) is 19.3 Å². The maximum Gasteiger partial charge on any atom is 0.238 e. The second-order valence-corrected chi connectivity index (χ2v) is 7.87. The van der Waals surface area contributed by atoms with Crippen molar-refractivity contribution >= 4 is 23.2 Å². The number of nitrogens with one attached hydrogen (secondary N) is 1. The summed E-state index contributed by atoms with van der Waals surface area (Å²) in [7, 11) is 4.99. The summed E-state index contributed by atoms with van der Waals surface area (Å²) in [6.45, 7) is 0.670. The Hall–Kier alpha value is -3.97. The van der Waals surface area contributed by atoms with Crippen molar-refractivity contribution in [3.63, 3.8) is 0 Å². The van der Waals surface area contributed by atoms with Crippen LogP contribution in [0.3, 0.4) is 0 Å². The number of fused-ring (bicyclic) bond motifs is 2. The fraction of sp³-hybridized carbons (Fsp3) is 0.192.